The third-order valence-electron chi connectivity index (χ3n) is 4.31. The lowest BCUT2D eigenvalue weighted by molar-refractivity contribution is -0.131. The van der Waals surface area contributed by atoms with E-state index in [0.29, 0.717) is 12.1 Å². The van der Waals surface area contributed by atoms with Gasteiger partial charge in [-0.2, -0.15) is 0 Å². The van der Waals surface area contributed by atoms with E-state index >= 15 is 0 Å². The fourth-order valence-electron chi connectivity index (χ4n) is 2.84. The average Bonchev–Trinajstić information content (AvgIpc) is 2.88. The largest absolute Gasteiger partial charge is 0.325 e. The third kappa shape index (κ3) is 1.40. The summed E-state index contributed by atoms with van der Waals surface area (Å²) in [5.74, 6) is 1.18. The first-order valence-corrected chi connectivity index (χ1v) is 6.34. The Kier molecular flexibility index (Phi) is 2.06. The van der Waals surface area contributed by atoms with Gasteiger partial charge in [0.15, 0.2) is 0 Å². The molecule has 0 aromatic heterocycles. The van der Waals surface area contributed by atoms with E-state index in [1.807, 2.05) is 0 Å². The van der Waals surface area contributed by atoms with Gasteiger partial charge in [0.25, 0.3) is 0 Å². The van der Waals surface area contributed by atoms with Gasteiger partial charge in [0.2, 0.25) is 5.91 Å². The molecule has 1 unspecified atom stereocenters. The lowest BCUT2D eigenvalue weighted by atomic mass is 9.85. The molecule has 2 aliphatic carbocycles. The number of nitrogens with zero attached hydrogens (tertiary/aromatic N) is 1. The molecule has 0 aromatic rings. The Hall–Kier alpha value is -0.570. The summed E-state index contributed by atoms with van der Waals surface area (Å²) in [6, 6.07) is 0. The number of nitrogens with one attached hydrogen (secondary N) is 1. The molecule has 1 saturated heterocycles. The van der Waals surface area contributed by atoms with Crippen LogP contribution < -0.4 is 5.32 Å². The predicted molar refractivity (Wildman–Crippen MR) is 58.2 cm³/mol. The molecule has 1 aliphatic heterocycles. The maximum Gasteiger partial charge on any atom is 0.244 e. The Balaban J connectivity index is 1.70. The average molecular weight is 208 g/mol. The smallest absolute Gasteiger partial charge is 0.244 e. The van der Waals surface area contributed by atoms with E-state index in [9.17, 15) is 4.79 Å². The van der Waals surface area contributed by atoms with Gasteiger partial charge in [-0.25, -0.2) is 0 Å². The summed E-state index contributed by atoms with van der Waals surface area (Å²) in [6.45, 7) is 3.17. The number of amides is 1. The fourth-order valence-corrected chi connectivity index (χ4v) is 2.84. The van der Waals surface area contributed by atoms with Crippen LogP contribution in [0.2, 0.25) is 0 Å². The zero-order chi connectivity index (χ0) is 10.5. The molecule has 2 saturated carbocycles. The van der Waals surface area contributed by atoms with Gasteiger partial charge in [-0.1, -0.05) is 13.3 Å². The van der Waals surface area contributed by atoms with Crippen molar-refractivity contribution in [2.75, 3.05) is 6.54 Å². The SMILES string of the molecule is CCC1NC2(CC2)C(=O)N1CC1CCC1. The van der Waals surface area contributed by atoms with Crippen molar-refractivity contribution in [3.05, 3.63) is 0 Å². The van der Waals surface area contributed by atoms with Gasteiger partial charge in [-0.15, -0.1) is 0 Å². The number of carbonyl (C=O) groups is 1. The molecule has 15 heavy (non-hydrogen) atoms. The first-order valence-electron chi connectivity index (χ1n) is 6.34. The number of rotatable bonds is 3. The van der Waals surface area contributed by atoms with Crippen molar-refractivity contribution in [1.82, 2.24) is 10.2 Å². The first-order chi connectivity index (χ1) is 7.25. The minimum absolute atomic E-state index is 0.107. The Labute approximate surface area is 91.2 Å². The molecule has 84 valence electrons. The van der Waals surface area contributed by atoms with E-state index in [-0.39, 0.29) is 5.54 Å². The molecule has 0 aromatic carbocycles. The van der Waals surface area contributed by atoms with Crippen LogP contribution in [0.5, 0.6) is 0 Å². The van der Waals surface area contributed by atoms with Gasteiger partial charge < -0.3 is 4.90 Å². The van der Waals surface area contributed by atoms with Crippen molar-refractivity contribution in [2.24, 2.45) is 5.92 Å². The van der Waals surface area contributed by atoms with Gasteiger partial charge in [-0.3, -0.25) is 10.1 Å². The second-order valence-corrected chi connectivity index (χ2v) is 5.40. The van der Waals surface area contributed by atoms with Crippen LogP contribution in [0.3, 0.4) is 0 Å². The molecule has 3 fully saturated rings. The highest BCUT2D eigenvalue weighted by molar-refractivity contribution is 5.91. The summed E-state index contributed by atoms with van der Waals surface area (Å²) in [7, 11) is 0. The van der Waals surface area contributed by atoms with Crippen LogP contribution in [0.1, 0.15) is 45.4 Å². The van der Waals surface area contributed by atoms with Crippen LogP contribution in [0.15, 0.2) is 0 Å². The summed E-state index contributed by atoms with van der Waals surface area (Å²) in [5, 5.41) is 3.52. The molecule has 1 N–H and O–H groups in total. The highest BCUT2D eigenvalue weighted by Gasteiger charge is 2.58. The van der Waals surface area contributed by atoms with E-state index in [1.54, 1.807) is 0 Å². The Morgan fingerprint density at radius 1 is 1.47 bits per heavy atom. The summed E-state index contributed by atoms with van der Waals surface area (Å²) in [5.41, 5.74) is -0.107. The Morgan fingerprint density at radius 2 is 2.20 bits per heavy atom. The number of hydrogen-bond donors (Lipinski definition) is 1. The number of carbonyl (C=O) groups excluding carboxylic acids is 1. The van der Waals surface area contributed by atoms with Gasteiger partial charge in [0, 0.05) is 6.54 Å². The minimum Gasteiger partial charge on any atom is -0.325 e. The standard InChI is InChI=1S/C12H20N2O/c1-2-10-13-12(6-7-12)11(15)14(10)8-9-4-3-5-9/h9-10,13H,2-8H2,1H3. The first kappa shape index (κ1) is 9.64. The summed E-state index contributed by atoms with van der Waals surface area (Å²) in [4.78, 5) is 14.3. The second-order valence-electron chi connectivity index (χ2n) is 5.40. The molecule has 0 bridgehead atoms. The van der Waals surface area contributed by atoms with E-state index < -0.39 is 0 Å². The topological polar surface area (TPSA) is 32.3 Å². The molecule has 1 heterocycles. The van der Waals surface area contributed by atoms with Crippen LogP contribution in [0.4, 0.5) is 0 Å². The molecular weight excluding hydrogens is 188 g/mol. The van der Waals surface area contributed by atoms with Gasteiger partial charge in [0.05, 0.1) is 11.7 Å². The van der Waals surface area contributed by atoms with E-state index in [2.05, 4.69) is 17.1 Å². The molecule has 1 amide bonds. The Morgan fingerprint density at radius 3 is 2.67 bits per heavy atom. The van der Waals surface area contributed by atoms with E-state index in [0.717, 1.165) is 31.7 Å². The zero-order valence-corrected chi connectivity index (χ0v) is 9.46. The normalized spacial score (nSPS) is 33.5. The molecule has 1 spiro atoms. The predicted octanol–water partition coefficient (Wildman–Crippen LogP) is 1.49. The summed E-state index contributed by atoms with van der Waals surface area (Å²) in [6.07, 6.45) is 7.50. The zero-order valence-electron chi connectivity index (χ0n) is 9.46. The fraction of sp³-hybridized carbons (Fsp3) is 0.917. The molecule has 3 heteroatoms. The minimum atomic E-state index is -0.107. The monoisotopic (exact) mass is 208 g/mol. The second kappa shape index (κ2) is 3.21. The quantitative estimate of drug-likeness (QED) is 0.762. The van der Waals surface area contributed by atoms with E-state index in [1.165, 1.54) is 19.3 Å². The van der Waals surface area contributed by atoms with Crippen LogP contribution in [0, 0.1) is 5.92 Å². The molecule has 3 aliphatic rings. The van der Waals surface area contributed by atoms with Crippen molar-refractivity contribution < 1.29 is 4.79 Å². The van der Waals surface area contributed by atoms with Crippen LogP contribution in [-0.2, 0) is 4.79 Å². The van der Waals surface area contributed by atoms with Gasteiger partial charge in [0.1, 0.15) is 0 Å². The molecule has 1 atom stereocenters. The Bertz CT molecular complexity index is 281. The highest BCUT2D eigenvalue weighted by Crippen LogP contribution is 2.43. The molecule has 3 rings (SSSR count). The van der Waals surface area contributed by atoms with Gasteiger partial charge >= 0.3 is 0 Å². The van der Waals surface area contributed by atoms with E-state index in [4.69, 9.17) is 0 Å². The maximum atomic E-state index is 12.2. The highest BCUT2D eigenvalue weighted by atomic mass is 16.2. The summed E-state index contributed by atoms with van der Waals surface area (Å²) < 4.78 is 0. The molecule has 0 radical (unpaired) electrons. The maximum absolute atomic E-state index is 12.2. The molecular formula is C12H20N2O. The van der Waals surface area contributed by atoms with Crippen molar-refractivity contribution in [3.8, 4) is 0 Å². The molecule has 3 nitrogen and oxygen atoms in total. The van der Waals surface area contributed by atoms with Crippen LogP contribution >= 0.6 is 0 Å². The van der Waals surface area contributed by atoms with Crippen LogP contribution in [-0.4, -0.2) is 29.1 Å². The lowest BCUT2D eigenvalue weighted by Gasteiger charge is -2.32. The van der Waals surface area contributed by atoms with Gasteiger partial charge in [-0.05, 0) is 38.0 Å². The van der Waals surface area contributed by atoms with Crippen molar-refractivity contribution >= 4 is 5.91 Å². The van der Waals surface area contributed by atoms with Crippen molar-refractivity contribution in [3.63, 3.8) is 0 Å². The van der Waals surface area contributed by atoms with Crippen molar-refractivity contribution in [2.45, 2.75) is 57.2 Å². The summed E-state index contributed by atoms with van der Waals surface area (Å²) >= 11 is 0. The lowest BCUT2D eigenvalue weighted by Crippen LogP contribution is -2.41. The van der Waals surface area contributed by atoms with Crippen molar-refractivity contribution in [1.29, 1.82) is 0 Å². The van der Waals surface area contributed by atoms with Crippen LogP contribution in [0.25, 0.3) is 0 Å². The number of hydrogen-bond acceptors (Lipinski definition) is 2. The third-order valence-corrected chi connectivity index (χ3v) is 4.31.